The van der Waals surface area contributed by atoms with Gasteiger partial charge in [0.25, 0.3) is 0 Å². The van der Waals surface area contributed by atoms with Crippen molar-refractivity contribution in [1.29, 1.82) is 0 Å². The maximum Gasteiger partial charge on any atom is 0.126 e. The van der Waals surface area contributed by atoms with E-state index in [4.69, 9.17) is 0 Å². The summed E-state index contributed by atoms with van der Waals surface area (Å²) in [4.78, 5) is 0. The fraction of sp³-hybridized carbons (Fsp3) is 0.429. The Kier molecular flexibility index (Phi) is 4.69. The van der Waals surface area contributed by atoms with Gasteiger partial charge >= 0.3 is 0 Å². The highest BCUT2D eigenvalue weighted by Crippen LogP contribution is 2.12. The third-order valence-corrected chi connectivity index (χ3v) is 2.38. The van der Waals surface area contributed by atoms with Crippen molar-refractivity contribution in [3.05, 3.63) is 40.7 Å². The zero-order valence-corrected chi connectivity index (χ0v) is 10.5. The van der Waals surface area contributed by atoms with Gasteiger partial charge in [0.05, 0.1) is 0 Å². The molecule has 0 aliphatic heterocycles. The molecule has 0 saturated carbocycles. The van der Waals surface area contributed by atoms with E-state index in [1.54, 1.807) is 13.0 Å². The average molecular weight is 221 g/mol. The summed E-state index contributed by atoms with van der Waals surface area (Å²) in [5.41, 5.74) is 3.00. The van der Waals surface area contributed by atoms with Crippen LogP contribution in [0.1, 0.15) is 31.9 Å². The second-order valence-electron chi connectivity index (χ2n) is 4.53. The molecule has 0 amide bonds. The van der Waals surface area contributed by atoms with Crippen LogP contribution in [0.3, 0.4) is 0 Å². The van der Waals surface area contributed by atoms with Gasteiger partial charge in [-0.05, 0) is 37.1 Å². The molecule has 0 unspecified atom stereocenters. The summed E-state index contributed by atoms with van der Waals surface area (Å²) >= 11 is 0. The van der Waals surface area contributed by atoms with E-state index in [1.165, 1.54) is 11.6 Å². The van der Waals surface area contributed by atoms with Crippen LogP contribution >= 0.6 is 0 Å². The molecule has 0 bridgehead atoms. The van der Waals surface area contributed by atoms with Gasteiger partial charge in [0.15, 0.2) is 0 Å². The van der Waals surface area contributed by atoms with Gasteiger partial charge in [0.2, 0.25) is 0 Å². The number of hydrogen-bond donors (Lipinski definition) is 1. The molecule has 0 aliphatic rings. The first kappa shape index (κ1) is 12.9. The molecular formula is C14H20FN. The smallest absolute Gasteiger partial charge is 0.126 e. The molecule has 88 valence electrons. The maximum absolute atomic E-state index is 13.1. The number of hydrogen-bond acceptors (Lipinski definition) is 1. The summed E-state index contributed by atoms with van der Waals surface area (Å²) in [7, 11) is 0. The number of nitrogens with one attached hydrogen (secondary N) is 1. The lowest BCUT2D eigenvalue weighted by molar-refractivity contribution is 0.618. The summed E-state index contributed by atoms with van der Waals surface area (Å²) in [6.07, 6.45) is 2.09. The first-order valence-corrected chi connectivity index (χ1v) is 5.65. The van der Waals surface area contributed by atoms with Gasteiger partial charge in [-0.15, -0.1) is 0 Å². The molecule has 0 aromatic heterocycles. The van der Waals surface area contributed by atoms with Crippen LogP contribution < -0.4 is 5.32 Å². The molecule has 1 nitrogen and oxygen atoms in total. The highest BCUT2D eigenvalue weighted by molar-refractivity contribution is 5.53. The Balaban J connectivity index is 2.70. The molecule has 1 aromatic carbocycles. The van der Waals surface area contributed by atoms with Crippen LogP contribution in [0.25, 0.3) is 6.08 Å². The molecule has 0 radical (unpaired) electrons. The maximum atomic E-state index is 13.1. The van der Waals surface area contributed by atoms with E-state index in [0.717, 1.165) is 12.1 Å². The standard InChI is InChI=1S/C14H20FN/c1-10(2)16-9-11(3)7-13-5-6-14(15)12(4)8-13/h5-8,10,16H,9H2,1-4H3. The van der Waals surface area contributed by atoms with Crippen molar-refractivity contribution in [2.45, 2.75) is 33.7 Å². The quantitative estimate of drug-likeness (QED) is 0.820. The average Bonchev–Trinajstić information content (AvgIpc) is 2.21. The minimum atomic E-state index is -0.143. The molecular weight excluding hydrogens is 201 g/mol. The van der Waals surface area contributed by atoms with Crippen LogP contribution in [-0.2, 0) is 0 Å². The van der Waals surface area contributed by atoms with Gasteiger partial charge < -0.3 is 5.32 Å². The first-order chi connectivity index (χ1) is 7.49. The van der Waals surface area contributed by atoms with E-state index in [-0.39, 0.29) is 5.82 Å². The van der Waals surface area contributed by atoms with Gasteiger partial charge in [-0.25, -0.2) is 4.39 Å². The number of rotatable bonds is 4. The van der Waals surface area contributed by atoms with Gasteiger partial charge in [0, 0.05) is 12.6 Å². The van der Waals surface area contributed by atoms with Crippen molar-refractivity contribution in [2.75, 3.05) is 6.54 Å². The van der Waals surface area contributed by atoms with Gasteiger partial charge in [-0.1, -0.05) is 31.6 Å². The molecule has 1 rings (SSSR count). The lowest BCUT2D eigenvalue weighted by Crippen LogP contribution is -2.24. The Hall–Kier alpha value is -1.15. The number of halogens is 1. The van der Waals surface area contributed by atoms with Crippen LogP contribution in [0, 0.1) is 12.7 Å². The molecule has 1 N–H and O–H groups in total. The topological polar surface area (TPSA) is 12.0 Å². The normalized spacial score (nSPS) is 12.2. The summed E-state index contributed by atoms with van der Waals surface area (Å²) in [6.45, 7) is 8.97. The van der Waals surface area contributed by atoms with Crippen LogP contribution in [-0.4, -0.2) is 12.6 Å². The number of benzene rings is 1. The Labute approximate surface area is 97.4 Å². The SMILES string of the molecule is CC(=Cc1ccc(F)c(C)c1)CNC(C)C. The van der Waals surface area contributed by atoms with E-state index in [2.05, 4.69) is 32.2 Å². The lowest BCUT2D eigenvalue weighted by atomic mass is 10.1. The van der Waals surface area contributed by atoms with E-state index in [1.807, 2.05) is 6.07 Å². The monoisotopic (exact) mass is 221 g/mol. The first-order valence-electron chi connectivity index (χ1n) is 5.65. The van der Waals surface area contributed by atoms with Crippen molar-refractivity contribution >= 4 is 6.08 Å². The van der Waals surface area contributed by atoms with E-state index < -0.39 is 0 Å². The lowest BCUT2D eigenvalue weighted by Gasteiger charge is -2.08. The van der Waals surface area contributed by atoms with Crippen LogP contribution in [0.5, 0.6) is 0 Å². The highest BCUT2D eigenvalue weighted by Gasteiger charge is 1.98. The summed E-state index contributed by atoms with van der Waals surface area (Å²) < 4.78 is 13.1. The molecule has 0 aliphatic carbocycles. The molecule has 0 heterocycles. The zero-order chi connectivity index (χ0) is 12.1. The van der Waals surface area contributed by atoms with Crippen LogP contribution in [0.4, 0.5) is 4.39 Å². The molecule has 1 aromatic rings. The summed E-state index contributed by atoms with van der Waals surface area (Å²) in [6, 6.07) is 5.68. The Morgan fingerprint density at radius 3 is 2.69 bits per heavy atom. The van der Waals surface area contributed by atoms with Crippen molar-refractivity contribution in [1.82, 2.24) is 5.32 Å². The molecule has 2 heteroatoms. The van der Waals surface area contributed by atoms with Crippen LogP contribution in [0.15, 0.2) is 23.8 Å². The predicted molar refractivity (Wildman–Crippen MR) is 67.9 cm³/mol. The molecule has 16 heavy (non-hydrogen) atoms. The van der Waals surface area contributed by atoms with Crippen LogP contribution in [0.2, 0.25) is 0 Å². The second kappa shape index (κ2) is 5.80. The summed E-state index contributed by atoms with van der Waals surface area (Å²) in [5, 5.41) is 3.35. The van der Waals surface area contributed by atoms with E-state index in [9.17, 15) is 4.39 Å². The third kappa shape index (κ3) is 4.15. The zero-order valence-electron chi connectivity index (χ0n) is 10.5. The minimum Gasteiger partial charge on any atom is -0.311 e. The fourth-order valence-corrected chi connectivity index (χ4v) is 1.46. The second-order valence-corrected chi connectivity index (χ2v) is 4.53. The predicted octanol–water partition coefficient (Wildman–Crippen LogP) is 3.54. The molecule has 0 saturated heterocycles. The molecule has 0 atom stereocenters. The summed E-state index contributed by atoms with van der Waals surface area (Å²) in [5.74, 6) is -0.143. The fourth-order valence-electron chi connectivity index (χ4n) is 1.46. The minimum absolute atomic E-state index is 0.143. The largest absolute Gasteiger partial charge is 0.311 e. The Morgan fingerprint density at radius 1 is 1.44 bits per heavy atom. The van der Waals surface area contributed by atoms with Crippen molar-refractivity contribution in [3.63, 3.8) is 0 Å². The number of aryl methyl sites for hydroxylation is 1. The van der Waals surface area contributed by atoms with Crippen molar-refractivity contribution in [2.24, 2.45) is 0 Å². The van der Waals surface area contributed by atoms with Crippen molar-refractivity contribution < 1.29 is 4.39 Å². The van der Waals surface area contributed by atoms with Gasteiger partial charge in [0.1, 0.15) is 5.82 Å². The van der Waals surface area contributed by atoms with E-state index in [0.29, 0.717) is 11.6 Å². The Bertz CT molecular complexity index is 380. The molecule has 0 spiro atoms. The third-order valence-electron chi connectivity index (χ3n) is 2.38. The van der Waals surface area contributed by atoms with Crippen molar-refractivity contribution in [3.8, 4) is 0 Å². The van der Waals surface area contributed by atoms with Gasteiger partial charge in [-0.2, -0.15) is 0 Å². The van der Waals surface area contributed by atoms with Gasteiger partial charge in [-0.3, -0.25) is 0 Å². The molecule has 0 fully saturated rings. The Morgan fingerprint density at radius 2 is 2.12 bits per heavy atom. The van der Waals surface area contributed by atoms with E-state index >= 15 is 0 Å². The highest BCUT2D eigenvalue weighted by atomic mass is 19.1.